The predicted molar refractivity (Wildman–Crippen MR) is 73.2 cm³/mol. The van der Waals surface area contributed by atoms with E-state index in [9.17, 15) is 8.42 Å². The summed E-state index contributed by atoms with van der Waals surface area (Å²) in [5.41, 5.74) is 7.22. The highest BCUT2D eigenvalue weighted by Gasteiger charge is 2.31. The molecule has 1 aliphatic heterocycles. The number of likely N-dealkylation sites (N-methyl/N-ethyl adjacent to an activating group) is 1. The highest BCUT2D eigenvalue weighted by Crippen LogP contribution is 2.24. The molecule has 1 unspecified atom stereocenters. The van der Waals surface area contributed by atoms with Crippen molar-refractivity contribution < 1.29 is 13.2 Å². The molecule has 6 heteroatoms. The van der Waals surface area contributed by atoms with Crippen molar-refractivity contribution in [3.05, 3.63) is 29.3 Å². The van der Waals surface area contributed by atoms with Crippen LogP contribution in [0.3, 0.4) is 0 Å². The summed E-state index contributed by atoms with van der Waals surface area (Å²) in [6, 6.07) is 5.16. The van der Waals surface area contributed by atoms with Gasteiger partial charge in [0.25, 0.3) is 0 Å². The molecule has 0 amide bonds. The van der Waals surface area contributed by atoms with Gasteiger partial charge < -0.3 is 10.5 Å². The minimum Gasteiger partial charge on any atom is -0.380 e. The zero-order chi connectivity index (χ0) is 14.0. The van der Waals surface area contributed by atoms with Crippen molar-refractivity contribution in [2.45, 2.75) is 30.8 Å². The topological polar surface area (TPSA) is 72.6 Å². The molecule has 0 radical (unpaired) electrons. The number of nitrogens with two attached hydrogens (primary N) is 1. The van der Waals surface area contributed by atoms with E-state index in [1.165, 1.54) is 4.31 Å². The molecule has 1 atom stereocenters. The summed E-state index contributed by atoms with van der Waals surface area (Å²) in [4.78, 5) is 0.346. The lowest BCUT2D eigenvalue weighted by Crippen LogP contribution is -2.37. The third-order valence-corrected chi connectivity index (χ3v) is 5.62. The fourth-order valence-electron chi connectivity index (χ4n) is 2.29. The lowest BCUT2D eigenvalue weighted by atomic mass is 10.1. The van der Waals surface area contributed by atoms with Gasteiger partial charge in [0.1, 0.15) is 0 Å². The Morgan fingerprint density at radius 3 is 2.74 bits per heavy atom. The van der Waals surface area contributed by atoms with E-state index in [2.05, 4.69) is 0 Å². The minimum atomic E-state index is -3.47. The maximum absolute atomic E-state index is 12.6. The van der Waals surface area contributed by atoms with E-state index in [-0.39, 0.29) is 6.04 Å². The van der Waals surface area contributed by atoms with E-state index in [0.717, 1.165) is 17.5 Å². The third-order valence-electron chi connectivity index (χ3n) is 3.55. The predicted octanol–water partition coefficient (Wildman–Crippen LogP) is 0.863. The molecule has 1 heterocycles. The molecule has 2 rings (SSSR count). The van der Waals surface area contributed by atoms with Gasteiger partial charge in [-0.2, -0.15) is 4.31 Å². The Hall–Kier alpha value is -0.950. The summed E-state index contributed by atoms with van der Waals surface area (Å²) in [5.74, 6) is 0. The molecule has 1 saturated heterocycles. The first-order valence-corrected chi connectivity index (χ1v) is 7.76. The van der Waals surface area contributed by atoms with E-state index in [1.807, 2.05) is 6.07 Å². The van der Waals surface area contributed by atoms with Crippen LogP contribution >= 0.6 is 0 Å². The van der Waals surface area contributed by atoms with Crippen molar-refractivity contribution in [3.8, 4) is 0 Å². The van der Waals surface area contributed by atoms with E-state index >= 15 is 0 Å². The molecule has 5 nitrogen and oxygen atoms in total. The number of rotatable bonds is 4. The molecule has 2 N–H and O–H groups in total. The second-order valence-corrected chi connectivity index (χ2v) is 6.81. The molecule has 19 heavy (non-hydrogen) atoms. The van der Waals surface area contributed by atoms with Gasteiger partial charge in [0.05, 0.1) is 17.5 Å². The Bertz CT molecular complexity index is 551. The van der Waals surface area contributed by atoms with Crippen molar-refractivity contribution in [1.29, 1.82) is 0 Å². The fourth-order valence-corrected chi connectivity index (χ4v) is 3.86. The smallest absolute Gasteiger partial charge is 0.243 e. The van der Waals surface area contributed by atoms with Crippen LogP contribution in [0.25, 0.3) is 0 Å². The van der Waals surface area contributed by atoms with Crippen molar-refractivity contribution in [3.63, 3.8) is 0 Å². The van der Waals surface area contributed by atoms with Gasteiger partial charge in [-0.15, -0.1) is 0 Å². The Morgan fingerprint density at radius 1 is 1.47 bits per heavy atom. The van der Waals surface area contributed by atoms with Gasteiger partial charge >= 0.3 is 0 Å². The largest absolute Gasteiger partial charge is 0.380 e. The summed E-state index contributed by atoms with van der Waals surface area (Å²) in [5, 5.41) is 0. The molecule has 0 bridgehead atoms. The number of sulfonamides is 1. The van der Waals surface area contributed by atoms with Gasteiger partial charge in [-0.3, -0.25) is 0 Å². The first kappa shape index (κ1) is 14.5. The molecule has 1 fully saturated rings. The number of hydrogen-bond donors (Lipinski definition) is 1. The summed E-state index contributed by atoms with van der Waals surface area (Å²) < 4.78 is 31.8. The molecule has 1 aromatic rings. The lowest BCUT2D eigenvalue weighted by molar-refractivity contribution is 0.181. The molecular formula is C13H20N2O3S. The highest BCUT2D eigenvalue weighted by molar-refractivity contribution is 7.89. The standard InChI is InChI=1S/C13H20N2O3S/c1-10-7-11(8-14)3-4-13(10)19(16,17)15(2)12-5-6-18-9-12/h3-4,7,12H,5-6,8-9,14H2,1-2H3. The molecule has 0 spiro atoms. The van der Waals surface area contributed by atoms with Crippen LogP contribution in [0.2, 0.25) is 0 Å². The second-order valence-electron chi connectivity index (χ2n) is 4.84. The zero-order valence-electron chi connectivity index (χ0n) is 11.3. The average Bonchev–Trinajstić information content (AvgIpc) is 2.90. The second kappa shape index (κ2) is 5.58. The number of hydrogen-bond acceptors (Lipinski definition) is 4. The fraction of sp³-hybridized carbons (Fsp3) is 0.538. The van der Waals surface area contributed by atoms with Crippen LogP contribution in [0.15, 0.2) is 23.1 Å². The van der Waals surface area contributed by atoms with Crippen LogP contribution in [0.5, 0.6) is 0 Å². The van der Waals surface area contributed by atoms with Crippen molar-refractivity contribution >= 4 is 10.0 Å². The normalized spacial score (nSPS) is 20.1. The number of benzene rings is 1. The summed E-state index contributed by atoms with van der Waals surface area (Å²) >= 11 is 0. The molecular weight excluding hydrogens is 264 g/mol. The van der Waals surface area contributed by atoms with Gasteiger partial charge in [0.15, 0.2) is 0 Å². The maximum Gasteiger partial charge on any atom is 0.243 e. The van der Waals surface area contributed by atoms with Crippen LogP contribution in [-0.2, 0) is 21.3 Å². The SMILES string of the molecule is Cc1cc(CN)ccc1S(=O)(=O)N(C)C1CCOC1. The number of nitrogens with zero attached hydrogens (tertiary/aromatic N) is 1. The third kappa shape index (κ3) is 2.81. The minimum absolute atomic E-state index is 0.0708. The van der Waals surface area contributed by atoms with E-state index in [0.29, 0.717) is 24.7 Å². The van der Waals surface area contributed by atoms with E-state index in [4.69, 9.17) is 10.5 Å². The van der Waals surface area contributed by atoms with Crippen LogP contribution in [-0.4, -0.2) is 39.0 Å². The quantitative estimate of drug-likeness (QED) is 0.890. The Morgan fingerprint density at radius 2 is 2.21 bits per heavy atom. The molecule has 0 saturated carbocycles. The lowest BCUT2D eigenvalue weighted by Gasteiger charge is -2.23. The molecule has 0 aliphatic carbocycles. The Labute approximate surface area is 114 Å². The number of ether oxygens (including phenoxy) is 1. The van der Waals surface area contributed by atoms with Gasteiger partial charge in [0, 0.05) is 20.2 Å². The summed E-state index contributed by atoms with van der Waals surface area (Å²) in [6.07, 6.45) is 0.746. The first-order chi connectivity index (χ1) is 8.96. The van der Waals surface area contributed by atoms with Gasteiger partial charge in [-0.1, -0.05) is 12.1 Å². The van der Waals surface area contributed by atoms with Crippen LogP contribution in [0.4, 0.5) is 0 Å². The maximum atomic E-state index is 12.6. The Kier molecular flexibility index (Phi) is 4.25. The van der Waals surface area contributed by atoms with Gasteiger partial charge in [-0.05, 0) is 30.5 Å². The first-order valence-electron chi connectivity index (χ1n) is 6.32. The summed E-state index contributed by atoms with van der Waals surface area (Å²) in [6.45, 7) is 3.30. The van der Waals surface area contributed by atoms with Gasteiger partial charge in [-0.25, -0.2) is 8.42 Å². The molecule has 1 aromatic carbocycles. The van der Waals surface area contributed by atoms with Crippen molar-refractivity contribution in [2.24, 2.45) is 5.73 Å². The summed E-state index contributed by atoms with van der Waals surface area (Å²) in [7, 11) is -1.85. The highest BCUT2D eigenvalue weighted by atomic mass is 32.2. The van der Waals surface area contributed by atoms with Crippen molar-refractivity contribution in [2.75, 3.05) is 20.3 Å². The monoisotopic (exact) mass is 284 g/mol. The van der Waals surface area contributed by atoms with E-state index in [1.54, 1.807) is 26.1 Å². The number of aryl methyl sites for hydroxylation is 1. The average molecular weight is 284 g/mol. The zero-order valence-corrected chi connectivity index (χ0v) is 12.1. The van der Waals surface area contributed by atoms with E-state index < -0.39 is 10.0 Å². The van der Waals surface area contributed by atoms with Crippen molar-refractivity contribution in [1.82, 2.24) is 4.31 Å². The van der Waals surface area contributed by atoms with Crippen LogP contribution in [0.1, 0.15) is 17.5 Å². The van der Waals surface area contributed by atoms with Gasteiger partial charge in [0.2, 0.25) is 10.0 Å². The molecule has 106 valence electrons. The van der Waals surface area contributed by atoms with Crippen LogP contribution < -0.4 is 5.73 Å². The molecule has 0 aromatic heterocycles. The van der Waals surface area contributed by atoms with Crippen LogP contribution in [0, 0.1) is 6.92 Å². The molecule has 1 aliphatic rings. The Balaban J connectivity index is 2.33.